The topological polar surface area (TPSA) is 73.1 Å². The van der Waals surface area contributed by atoms with Crippen molar-refractivity contribution in [2.45, 2.75) is 13.3 Å². The zero-order chi connectivity index (χ0) is 11.4. The quantitative estimate of drug-likeness (QED) is 0.757. The maximum Gasteiger partial charge on any atom is 0.238 e. The molecule has 0 unspecified atom stereocenters. The van der Waals surface area contributed by atoms with Crippen molar-refractivity contribution in [3.63, 3.8) is 0 Å². The largest absolute Gasteiger partial charge is 0.505 e. The SMILES string of the molecule is Cc1cc(Cl)cc(NC(=O)CC#N)c1O. The Morgan fingerprint density at radius 2 is 2.33 bits per heavy atom. The van der Waals surface area contributed by atoms with E-state index < -0.39 is 5.91 Å². The van der Waals surface area contributed by atoms with Gasteiger partial charge in [0.15, 0.2) is 0 Å². The lowest BCUT2D eigenvalue weighted by Crippen LogP contribution is -2.10. The highest BCUT2D eigenvalue weighted by Crippen LogP contribution is 2.30. The number of carbonyl (C=O) groups excluding carboxylic acids is 1. The van der Waals surface area contributed by atoms with Gasteiger partial charge in [-0.1, -0.05) is 11.6 Å². The molecule has 1 aromatic rings. The lowest BCUT2D eigenvalue weighted by atomic mass is 10.2. The van der Waals surface area contributed by atoms with Crippen LogP contribution in [0.25, 0.3) is 0 Å². The third-order valence-electron chi connectivity index (χ3n) is 1.78. The van der Waals surface area contributed by atoms with Gasteiger partial charge >= 0.3 is 0 Å². The van der Waals surface area contributed by atoms with Crippen LogP contribution in [-0.4, -0.2) is 11.0 Å². The van der Waals surface area contributed by atoms with E-state index in [-0.39, 0.29) is 17.9 Å². The fourth-order valence-electron chi connectivity index (χ4n) is 1.10. The zero-order valence-corrected chi connectivity index (χ0v) is 8.80. The lowest BCUT2D eigenvalue weighted by Gasteiger charge is -2.08. The van der Waals surface area contributed by atoms with Crippen LogP contribution in [0.5, 0.6) is 5.75 Å². The number of rotatable bonds is 2. The van der Waals surface area contributed by atoms with Crippen molar-refractivity contribution in [2.24, 2.45) is 0 Å². The Hall–Kier alpha value is -1.73. The number of aromatic hydroxyl groups is 1. The molecule has 0 aromatic heterocycles. The van der Waals surface area contributed by atoms with E-state index in [4.69, 9.17) is 16.9 Å². The first-order chi connectivity index (χ1) is 7.04. The van der Waals surface area contributed by atoms with Crippen LogP contribution in [0.15, 0.2) is 12.1 Å². The number of nitrogens with one attached hydrogen (secondary N) is 1. The van der Waals surface area contributed by atoms with Crippen LogP contribution in [0.4, 0.5) is 5.69 Å². The maximum absolute atomic E-state index is 11.1. The van der Waals surface area contributed by atoms with Crippen molar-refractivity contribution >= 4 is 23.2 Å². The molecule has 0 saturated heterocycles. The number of anilines is 1. The van der Waals surface area contributed by atoms with Gasteiger partial charge in [-0.15, -0.1) is 0 Å². The number of phenolic OH excluding ortho intramolecular Hbond substituents is 1. The summed E-state index contributed by atoms with van der Waals surface area (Å²) in [6.45, 7) is 1.67. The monoisotopic (exact) mass is 224 g/mol. The van der Waals surface area contributed by atoms with Crippen molar-refractivity contribution in [3.05, 3.63) is 22.7 Å². The number of aryl methyl sites for hydroxylation is 1. The minimum Gasteiger partial charge on any atom is -0.505 e. The van der Waals surface area contributed by atoms with E-state index in [2.05, 4.69) is 5.32 Å². The van der Waals surface area contributed by atoms with E-state index in [1.807, 2.05) is 0 Å². The molecule has 0 radical (unpaired) electrons. The van der Waals surface area contributed by atoms with Gasteiger partial charge in [0.2, 0.25) is 5.91 Å². The number of phenols is 1. The molecule has 0 spiro atoms. The van der Waals surface area contributed by atoms with Gasteiger partial charge in [-0.05, 0) is 24.6 Å². The number of halogens is 1. The van der Waals surface area contributed by atoms with Gasteiger partial charge in [0.1, 0.15) is 12.2 Å². The molecule has 0 saturated carbocycles. The summed E-state index contributed by atoms with van der Waals surface area (Å²) in [6, 6.07) is 4.72. The van der Waals surface area contributed by atoms with Crippen molar-refractivity contribution in [1.82, 2.24) is 0 Å². The van der Waals surface area contributed by atoms with Crippen molar-refractivity contribution in [3.8, 4) is 11.8 Å². The predicted molar refractivity (Wildman–Crippen MR) is 56.7 cm³/mol. The molecule has 1 amide bonds. The summed E-state index contributed by atoms with van der Waals surface area (Å²) in [7, 11) is 0. The van der Waals surface area contributed by atoms with Gasteiger partial charge in [0, 0.05) is 5.02 Å². The molecule has 0 bridgehead atoms. The average molecular weight is 225 g/mol. The zero-order valence-electron chi connectivity index (χ0n) is 8.04. The summed E-state index contributed by atoms with van der Waals surface area (Å²) in [5.41, 5.74) is 0.787. The van der Waals surface area contributed by atoms with Crippen molar-refractivity contribution in [1.29, 1.82) is 5.26 Å². The number of hydrogen-bond donors (Lipinski definition) is 2. The molecule has 0 fully saturated rings. The molecule has 0 aliphatic carbocycles. The highest BCUT2D eigenvalue weighted by Gasteiger charge is 2.09. The Bertz CT molecular complexity index is 438. The summed E-state index contributed by atoms with van der Waals surface area (Å²) in [6.07, 6.45) is -0.259. The number of nitrogens with zero attached hydrogens (tertiary/aromatic N) is 1. The maximum atomic E-state index is 11.1. The first-order valence-corrected chi connectivity index (χ1v) is 4.58. The van der Waals surface area contributed by atoms with Gasteiger partial charge in [-0.3, -0.25) is 4.79 Å². The highest BCUT2D eigenvalue weighted by atomic mass is 35.5. The van der Waals surface area contributed by atoms with E-state index >= 15 is 0 Å². The molecule has 2 N–H and O–H groups in total. The summed E-state index contributed by atoms with van der Waals surface area (Å²) >= 11 is 5.76. The molecular formula is C10H9ClN2O2. The van der Waals surface area contributed by atoms with E-state index in [9.17, 15) is 9.90 Å². The van der Waals surface area contributed by atoms with Crippen molar-refractivity contribution < 1.29 is 9.90 Å². The third kappa shape index (κ3) is 2.86. The smallest absolute Gasteiger partial charge is 0.238 e. The fraction of sp³-hybridized carbons (Fsp3) is 0.200. The van der Waals surface area contributed by atoms with Gasteiger partial charge in [0.25, 0.3) is 0 Å². The first kappa shape index (κ1) is 11.3. The van der Waals surface area contributed by atoms with Crippen molar-refractivity contribution in [2.75, 3.05) is 5.32 Å². The second kappa shape index (κ2) is 4.67. The normalized spacial score (nSPS) is 9.40. The Morgan fingerprint density at radius 1 is 1.67 bits per heavy atom. The van der Waals surface area contributed by atoms with Gasteiger partial charge in [-0.25, -0.2) is 0 Å². The molecule has 5 heteroatoms. The van der Waals surface area contributed by atoms with E-state index in [0.717, 1.165) is 0 Å². The summed E-state index contributed by atoms with van der Waals surface area (Å²) in [5, 5.41) is 20.7. The highest BCUT2D eigenvalue weighted by molar-refractivity contribution is 6.31. The minimum absolute atomic E-state index is 0.0364. The molecule has 1 rings (SSSR count). The van der Waals surface area contributed by atoms with E-state index in [0.29, 0.717) is 10.6 Å². The van der Waals surface area contributed by atoms with Crippen LogP contribution in [0.2, 0.25) is 5.02 Å². The average Bonchev–Trinajstić information content (AvgIpc) is 2.13. The molecule has 78 valence electrons. The van der Waals surface area contributed by atoms with Crippen LogP contribution in [0, 0.1) is 18.3 Å². The molecule has 4 nitrogen and oxygen atoms in total. The summed E-state index contributed by atoms with van der Waals surface area (Å²) in [5.74, 6) is -0.514. The van der Waals surface area contributed by atoms with Gasteiger partial charge in [0.05, 0.1) is 11.8 Å². The Labute approximate surface area is 92.1 Å². The Kier molecular flexibility index (Phi) is 3.53. The standard InChI is InChI=1S/C10H9ClN2O2/c1-6-4-7(11)5-8(10(6)15)13-9(14)2-3-12/h4-5,15H,2H2,1H3,(H,13,14). The molecule has 15 heavy (non-hydrogen) atoms. The number of benzene rings is 1. The van der Waals surface area contributed by atoms with E-state index in [1.54, 1.807) is 19.1 Å². The Balaban J connectivity index is 2.95. The summed E-state index contributed by atoms with van der Waals surface area (Å²) < 4.78 is 0. The van der Waals surface area contributed by atoms with Crippen LogP contribution in [0.3, 0.4) is 0 Å². The van der Waals surface area contributed by atoms with E-state index in [1.165, 1.54) is 6.07 Å². The predicted octanol–water partition coefficient (Wildman–Crippen LogP) is 2.21. The molecular weight excluding hydrogens is 216 g/mol. The Morgan fingerprint density at radius 3 is 2.93 bits per heavy atom. The van der Waals surface area contributed by atoms with Crippen LogP contribution < -0.4 is 5.32 Å². The second-order valence-corrected chi connectivity index (χ2v) is 3.44. The molecule has 1 aromatic carbocycles. The first-order valence-electron chi connectivity index (χ1n) is 4.20. The minimum atomic E-state index is -0.477. The van der Waals surface area contributed by atoms with Crippen LogP contribution in [0.1, 0.15) is 12.0 Å². The fourth-order valence-corrected chi connectivity index (χ4v) is 1.37. The molecule has 0 aliphatic rings. The number of amides is 1. The van der Waals surface area contributed by atoms with Crippen LogP contribution >= 0.6 is 11.6 Å². The third-order valence-corrected chi connectivity index (χ3v) is 2.00. The molecule has 0 heterocycles. The number of nitriles is 1. The number of carbonyl (C=O) groups is 1. The molecule has 0 atom stereocenters. The lowest BCUT2D eigenvalue weighted by molar-refractivity contribution is -0.115. The molecule has 0 aliphatic heterocycles. The summed E-state index contributed by atoms with van der Waals surface area (Å²) in [4.78, 5) is 11.1. The van der Waals surface area contributed by atoms with Crippen LogP contribution in [-0.2, 0) is 4.79 Å². The second-order valence-electron chi connectivity index (χ2n) is 3.00. The van der Waals surface area contributed by atoms with Gasteiger partial charge < -0.3 is 10.4 Å². The van der Waals surface area contributed by atoms with Gasteiger partial charge in [-0.2, -0.15) is 5.26 Å². The number of hydrogen-bond acceptors (Lipinski definition) is 3.